The zero-order valence-electron chi connectivity index (χ0n) is 10.8. The average Bonchev–Trinajstić information content (AvgIpc) is 2.95. The number of carbonyl (C=O) groups is 2. The Hall–Kier alpha value is -2.60. The molecular weight excluding hydrogens is 258 g/mol. The highest BCUT2D eigenvalue weighted by atomic mass is 16.3. The number of furan rings is 1. The lowest BCUT2D eigenvalue weighted by atomic mass is 10.2. The van der Waals surface area contributed by atoms with Crippen LogP contribution in [0.1, 0.15) is 17.0 Å². The van der Waals surface area contributed by atoms with Crippen LogP contribution < -0.4 is 16.4 Å². The standard InChI is InChI=1S/C14H15N3O3/c15-8-7-13(18)16-10-4-1-2-5-11(10)17-14(19)12-6-3-9-20-12/h1-6,9H,7-8,15H2,(H,16,18)(H,17,19). The molecule has 4 N–H and O–H groups in total. The topological polar surface area (TPSA) is 97.4 Å². The van der Waals surface area contributed by atoms with E-state index in [0.717, 1.165) is 0 Å². The van der Waals surface area contributed by atoms with Gasteiger partial charge in [-0.3, -0.25) is 9.59 Å². The highest BCUT2D eigenvalue weighted by molar-refractivity contribution is 6.05. The van der Waals surface area contributed by atoms with Crippen molar-refractivity contribution in [1.29, 1.82) is 0 Å². The first-order chi connectivity index (χ1) is 9.70. The molecule has 1 aromatic heterocycles. The van der Waals surface area contributed by atoms with E-state index in [1.807, 2.05) is 0 Å². The van der Waals surface area contributed by atoms with Crippen molar-refractivity contribution in [1.82, 2.24) is 0 Å². The van der Waals surface area contributed by atoms with Gasteiger partial charge in [0.2, 0.25) is 5.91 Å². The maximum atomic E-state index is 11.9. The van der Waals surface area contributed by atoms with Gasteiger partial charge in [-0.2, -0.15) is 0 Å². The number of nitrogens with two attached hydrogens (primary N) is 1. The number of hydrogen-bond acceptors (Lipinski definition) is 4. The van der Waals surface area contributed by atoms with Gasteiger partial charge in [0.15, 0.2) is 5.76 Å². The third kappa shape index (κ3) is 3.46. The van der Waals surface area contributed by atoms with Gasteiger partial charge < -0.3 is 20.8 Å². The molecular formula is C14H15N3O3. The largest absolute Gasteiger partial charge is 0.459 e. The molecule has 6 heteroatoms. The van der Waals surface area contributed by atoms with E-state index in [9.17, 15) is 9.59 Å². The van der Waals surface area contributed by atoms with Crippen molar-refractivity contribution in [2.45, 2.75) is 6.42 Å². The molecule has 0 fully saturated rings. The summed E-state index contributed by atoms with van der Waals surface area (Å²) >= 11 is 0. The van der Waals surface area contributed by atoms with Gasteiger partial charge in [-0.25, -0.2) is 0 Å². The van der Waals surface area contributed by atoms with Crippen molar-refractivity contribution >= 4 is 23.2 Å². The van der Waals surface area contributed by atoms with Gasteiger partial charge >= 0.3 is 0 Å². The summed E-state index contributed by atoms with van der Waals surface area (Å²) in [6, 6.07) is 10.1. The van der Waals surface area contributed by atoms with Crippen LogP contribution in [-0.4, -0.2) is 18.4 Å². The predicted molar refractivity (Wildman–Crippen MR) is 75.4 cm³/mol. The van der Waals surface area contributed by atoms with E-state index >= 15 is 0 Å². The Morgan fingerprint density at radius 3 is 2.35 bits per heavy atom. The van der Waals surface area contributed by atoms with E-state index in [-0.39, 0.29) is 30.5 Å². The second-order valence-corrected chi connectivity index (χ2v) is 4.06. The molecule has 0 radical (unpaired) electrons. The average molecular weight is 273 g/mol. The minimum atomic E-state index is -0.379. The van der Waals surface area contributed by atoms with Gasteiger partial charge in [-0.1, -0.05) is 12.1 Å². The van der Waals surface area contributed by atoms with Gasteiger partial charge in [-0.15, -0.1) is 0 Å². The fourth-order valence-electron chi connectivity index (χ4n) is 1.64. The van der Waals surface area contributed by atoms with E-state index in [4.69, 9.17) is 10.2 Å². The van der Waals surface area contributed by atoms with Crippen molar-refractivity contribution in [3.05, 3.63) is 48.4 Å². The van der Waals surface area contributed by atoms with Crippen LogP contribution in [0, 0.1) is 0 Å². The van der Waals surface area contributed by atoms with Gasteiger partial charge in [0.25, 0.3) is 5.91 Å². The summed E-state index contributed by atoms with van der Waals surface area (Å²) in [5.74, 6) is -0.379. The number of benzene rings is 1. The summed E-state index contributed by atoms with van der Waals surface area (Å²) in [5.41, 5.74) is 6.34. The second-order valence-electron chi connectivity index (χ2n) is 4.06. The Balaban J connectivity index is 2.11. The minimum Gasteiger partial charge on any atom is -0.459 e. The molecule has 0 aliphatic heterocycles. The lowest BCUT2D eigenvalue weighted by Gasteiger charge is -2.11. The third-order valence-electron chi connectivity index (χ3n) is 2.57. The summed E-state index contributed by atoms with van der Waals surface area (Å²) in [7, 11) is 0. The van der Waals surface area contributed by atoms with Crippen LogP contribution in [0.5, 0.6) is 0 Å². The summed E-state index contributed by atoms with van der Waals surface area (Å²) in [4.78, 5) is 23.5. The molecule has 0 aliphatic rings. The quantitative estimate of drug-likeness (QED) is 0.774. The molecule has 2 aromatic rings. The molecule has 1 heterocycles. The lowest BCUT2D eigenvalue weighted by Crippen LogP contribution is -2.18. The zero-order chi connectivity index (χ0) is 14.4. The Bertz CT molecular complexity index is 593. The van der Waals surface area contributed by atoms with Crippen molar-refractivity contribution in [3.8, 4) is 0 Å². The fourth-order valence-corrected chi connectivity index (χ4v) is 1.64. The summed E-state index contributed by atoms with van der Waals surface area (Å²) in [6.07, 6.45) is 1.64. The zero-order valence-corrected chi connectivity index (χ0v) is 10.8. The molecule has 0 unspecified atom stereocenters. The maximum absolute atomic E-state index is 11.9. The molecule has 0 saturated carbocycles. The van der Waals surface area contributed by atoms with E-state index in [2.05, 4.69) is 10.6 Å². The van der Waals surface area contributed by atoms with E-state index < -0.39 is 0 Å². The van der Waals surface area contributed by atoms with Gasteiger partial charge in [0, 0.05) is 13.0 Å². The van der Waals surface area contributed by atoms with Crippen LogP contribution >= 0.6 is 0 Å². The SMILES string of the molecule is NCCC(=O)Nc1ccccc1NC(=O)c1ccco1. The van der Waals surface area contributed by atoms with E-state index in [0.29, 0.717) is 11.4 Å². The maximum Gasteiger partial charge on any atom is 0.291 e. The molecule has 20 heavy (non-hydrogen) atoms. The highest BCUT2D eigenvalue weighted by Crippen LogP contribution is 2.22. The molecule has 1 aromatic carbocycles. The molecule has 2 amide bonds. The predicted octanol–water partition coefficient (Wildman–Crippen LogP) is 1.82. The molecule has 0 aliphatic carbocycles. The smallest absolute Gasteiger partial charge is 0.291 e. The Morgan fingerprint density at radius 2 is 1.75 bits per heavy atom. The number of anilines is 2. The fraction of sp³-hybridized carbons (Fsp3) is 0.143. The minimum absolute atomic E-state index is 0.202. The van der Waals surface area contributed by atoms with E-state index in [1.54, 1.807) is 36.4 Å². The number of amides is 2. The molecule has 104 valence electrons. The number of hydrogen-bond donors (Lipinski definition) is 3. The monoisotopic (exact) mass is 273 g/mol. The molecule has 0 saturated heterocycles. The first-order valence-electron chi connectivity index (χ1n) is 6.14. The molecule has 2 rings (SSSR count). The summed E-state index contributed by atoms with van der Waals surface area (Å²) < 4.78 is 5.01. The first kappa shape index (κ1) is 13.8. The number of nitrogens with one attached hydrogen (secondary N) is 2. The van der Waals surface area contributed by atoms with Crippen molar-refractivity contribution in [3.63, 3.8) is 0 Å². The highest BCUT2D eigenvalue weighted by Gasteiger charge is 2.12. The van der Waals surface area contributed by atoms with Gasteiger partial charge in [0.05, 0.1) is 17.6 Å². The van der Waals surface area contributed by atoms with Crippen LogP contribution in [0.2, 0.25) is 0 Å². The Kier molecular flexibility index (Phi) is 4.52. The molecule has 0 spiro atoms. The third-order valence-corrected chi connectivity index (χ3v) is 2.57. The summed E-state index contributed by atoms with van der Waals surface area (Å²) in [5, 5.41) is 5.38. The van der Waals surface area contributed by atoms with Crippen LogP contribution in [-0.2, 0) is 4.79 Å². The molecule has 0 atom stereocenters. The lowest BCUT2D eigenvalue weighted by molar-refractivity contribution is -0.116. The number of carbonyl (C=O) groups excluding carboxylic acids is 2. The molecule has 6 nitrogen and oxygen atoms in total. The van der Waals surface area contributed by atoms with Crippen LogP contribution in [0.15, 0.2) is 47.1 Å². The van der Waals surface area contributed by atoms with Gasteiger partial charge in [-0.05, 0) is 24.3 Å². The Labute approximate surface area is 116 Å². The van der Waals surface area contributed by atoms with Crippen molar-refractivity contribution in [2.75, 3.05) is 17.2 Å². The van der Waals surface area contributed by atoms with Crippen molar-refractivity contribution in [2.24, 2.45) is 5.73 Å². The second kappa shape index (κ2) is 6.53. The Morgan fingerprint density at radius 1 is 1.05 bits per heavy atom. The first-order valence-corrected chi connectivity index (χ1v) is 6.14. The van der Waals surface area contributed by atoms with E-state index in [1.165, 1.54) is 6.26 Å². The number of para-hydroxylation sites is 2. The number of rotatable bonds is 5. The van der Waals surface area contributed by atoms with Gasteiger partial charge in [0.1, 0.15) is 0 Å². The normalized spacial score (nSPS) is 10.1. The van der Waals surface area contributed by atoms with Crippen LogP contribution in [0.4, 0.5) is 11.4 Å². The van der Waals surface area contributed by atoms with Crippen LogP contribution in [0.25, 0.3) is 0 Å². The molecule has 0 bridgehead atoms. The van der Waals surface area contributed by atoms with Crippen LogP contribution in [0.3, 0.4) is 0 Å². The van der Waals surface area contributed by atoms with Crippen molar-refractivity contribution < 1.29 is 14.0 Å². The summed E-state index contributed by atoms with van der Waals surface area (Å²) in [6.45, 7) is 0.271.